The van der Waals surface area contributed by atoms with Gasteiger partial charge in [0.25, 0.3) is 0 Å². The fourth-order valence-electron chi connectivity index (χ4n) is 4.43. The van der Waals surface area contributed by atoms with Crippen LogP contribution in [0.5, 0.6) is 11.5 Å². The van der Waals surface area contributed by atoms with Gasteiger partial charge in [0, 0.05) is 5.69 Å². The fourth-order valence-corrected chi connectivity index (χ4v) is 4.43. The van der Waals surface area contributed by atoms with Crippen molar-refractivity contribution in [3.05, 3.63) is 114 Å². The fraction of sp³-hybridized carbons (Fsp3) is 0.138. The molecule has 0 aromatic heterocycles. The molecule has 0 spiro atoms. The van der Waals surface area contributed by atoms with E-state index in [4.69, 9.17) is 9.73 Å². The van der Waals surface area contributed by atoms with Crippen LogP contribution in [0.2, 0.25) is 0 Å². The molecule has 2 unspecified atom stereocenters. The highest BCUT2D eigenvalue weighted by atomic mass is 16.5. The van der Waals surface area contributed by atoms with Gasteiger partial charge >= 0.3 is 0 Å². The monoisotopic (exact) mass is 434 g/mol. The first-order chi connectivity index (χ1) is 16.1. The minimum atomic E-state index is -0.114. The summed E-state index contributed by atoms with van der Waals surface area (Å²) in [5.41, 5.74) is 6.62. The van der Waals surface area contributed by atoms with Gasteiger partial charge in [0.1, 0.15) is 17.7 Å². The molecule has 0 aliphatic carbocycles. The summed E-state index contributed by atoms with van der Waals surface area (Å²) in [6, 6.07) is 34.5. The molecular formula is C29H26N2O2. The lowest BCUT2D eigenvalue weighted by Gasteiger charge is -2.30. The third-order valence-electron chi connectivity index (χ3n) is 6.19. The number of aromatic hydroxyl groups is 1. The Morgan fingerprint density at radius 1 is 0.727 bits per heavy atom. The first kappa shape index (κ1) is 20.8. The molecule has 1 aliphatic heterocycles. The van der Waals surface area contributed by atoms with Crippen LogP contribution in [0.25, 0.3) is 11.1 Å². The molecule has 0 amide bonds. The number of benzene rings is 4. The van der Waals surface area contributed by atoms with Crippen molar-refractivity contribution in [2.24, 2.45) is 4.99 Å². The standard InChI is InChI=1S/C29H26N2O2/c1-20-28(23-10-16-26(32)17-11-23)30-29(24-6-4-3-5-7-24)31(20)25-14-8-21(9-15-25)22-12-18-27(33-2)19-13-22/h3-20,29,32H,1-2H3. The molecule has 0 fully saturated rings. The molecule has 0 bridgehead atoms. The Hall–Kier alpha value is -4.05. The largest absolute Gasteiger partial charge is 0.508 e. The molecule has 164 valence electrons. The van der Waals surface area contributed by atoms with Crippen LogP contribution >= 0.6 is 0 Å². The van der Waals surface area contributed by atoms with Gasteiger partial charge in [-0.3, -0.25) is 4.99 Å². The lowest BCUT2D eigenvalue weighted by atomic mass is 10.0. The normalized spacial score (nSPS) is 17.6. The van der Waals surface area contributed by atoms with Crippen molar-refractivity contribution in [1.29, 1.82) is 0 Å². The third-order valence-corrected chi connectivity index (χ3v) is 6.19. The number of hydrogen-bond acceptors (Lipinski definition) is 4. The summed E-state index contributed by atoms with van der Waals surface area (Å²) in [5.74, 6) is 1.11. The number of phenolic OH excluding ortho intramolecular Hbond substituents is 1. The van der Waals surface area contributed by atoms with Crippen LogP contribution in [-0.4, -0.2) is 24.0 Å². The summed E-state index contributed by atoms with van der Waals surface area (Å²) < 4.78 is 5.28. The second-order valence-electron chi connectivity index (χ2n) is 8.20. The van der Waals surface area contributed by atoms with E-state index in [9.17, 15) is 5.11 Å². The molecule has 4 aromatic rings. The molecule has 2 atom stereocenters. The number of phenols is 1. The number of methoxy groups -OCH3 is 1. The molecule has 33 heavy (non-hydrogen) atoms. The zero-order valence-electron chi connectivity index (χ0n) is 18.7. The summed E-state index contributed by atoms with van der Waals surface area (Å²) in [4.78, 5) is 7.50. The van der Waals surface area contributed by atoms with Crippen molar-refractivity contribution in [3.63, 3.8) is 0 Å². The maximum absolute atomic E-state index is 9.72. The summed E-state index contributed by atoms with van der Waals surface area (Å²) in [5, 5.41) is 9.72. The highest BCUT2D eigenvalue weighted by Gasteiger charge is 2.35. The van der Waals surface area contributed by atoms with Crippen LogP contribution in [0.4, 0.5) is 5.69 Å². The molecule has 1 N–H and O–H groups in total. The summed E-state index contributed by atoms with van der Waals surface area (Å²) in [6.45, 7) is 2.19. The molecule has 1 aliphatic rings. The summed E-state index contributed by atoms with van der Waals surface area (Å²) >= 11 is 0. The van der Waals surface area contributed by atoms with E-state index >= 15 is 0 Å². The number of hydrogen-bond donors (Lipinski definition) is 1. The van der Waals surface area contributed by atoms with Crippen LogP contribution in [0.3, 0.4) is 0 Å². The van der Waals surface area contributed by atoms with Crippen molar-refractivity contribution in [2.45, 2.75) is 19.1 Å². The van der Waals surface area contributed by atoms with Crippen molar-refractivity contribution in [1.82, 2.24) is 0 Å². The van der Waals surface area contributed by atoms with Gasteiger partial charge in [0.2, 0.25) is 0 Å². The second kappa shape index (κ2) is 8.83. The zero-order chi connectivity index (χ0) is 22.8. The molecule has 0 saturated heterocycles. The SMILES string of the molecule is COc1ccc(-c2ccc(N3C(C)C(c4ccc(O)cc4)=NC3c3ccccc3)cc2)cc1. The van der Waals surface area contributed by atoms with E-state index in [0.29, 0.717) is 0 Å². The lowest BCUT2D eigenvalue weighted by molar-refractivity contribution is 0.415. The Bertz CT molecular complexity index is 1250. The van der Waals surface area contributed by atoms with E-state index in [1.807, 2.05) is 30.3 Å². The predicted octanol–water partition coefficient (Wildman–Crippen LogP) is 6.46. The van der Waals surface area contributed by atoms with Crippen LogP contribution in [0.15, 0.2) is 108 Å². The van der Waals surface area contributed by atoms with E-state index in [-0.39, 0.29) is 18.0 Å². The van der Waals surface area contributed by atoms with Gasteiger partial charge in [-0.1, -0.05) is 54.6 Å². The Labute approximate surface area is 194 Å². The van der Waals surface area contributed by atoms with Crippen LogP contribution in [0, 0.1) is 0 Å². The molecular weight excluding hydrogens is 408 g/mol. The zero-order valence-corrected chi connectivity index (χ0v) is 18.7. The highest BCUT2D eigenvalue weighted by Crippen LogP contribution is 2.38. The van der Waals surface area contributed by atoms with Crippen molar-refractivity contribution in [2.75, 3.05) is 12.0 Å². The Morgan fingerprint density at radius 2 is 1.30 bits per heavy atom. The molecule has 4 heteroatoms. The first-order valence-corrected chi connectivity index (χ1v) is 11.1. The Balaban J connectivity index is 1.50. The molecule has 0 saturated carbocycles. The van der Waals surface area contributed by atoms with E-state index in [0.717, 1.165) is 39.4 Å². The van der Waals surface area contributed by atoms with Gasteiger partial charge in [0.15, 0.2) is 0 Å². The molecule has 4 nitrogen and oxygen atoms in total. The quantitative estimate of drug-likeness (QED) is 0.392. The summed E-state index contributed by atoms with van der Waals surface area (Å²) in [7, 11) is 1.68. The van der Waals surface area contributed by atoms with Crippen molar-refractivity contribution >= 4 is 11.4 Å². The number of ether oxygens (including phenoxy) is 1. The number of aliphatic imine (C=N–C) groups is 1. The van der Waals surface area contributed by atoms with Gasteiger partial charge in [-0.2, -0.15) is 0 Å². The lowest BCUT2D eigenvalue weighted by Crippen LogP contribution is -2.35. The molecule has 0 radical (unpaired) electrons. The number of rotatable bonds is 5. The maximum Gasteiger partial charge on any atom is 0.148 e. The number of anilines is 1. The van der Waals surface area contributed by atoms with Gasteiger partial charge < -0.3 is 14.7 Å². The van der Waals surface area contributed by atoms with E-state index < -0.39 is 0 Å². The molecule has 5 rings (SSSR count). The minimum Gasteiger partial charge on any atom is -0.508 e. The third kappa shape index (κ3) is 4.08. The van der Waals surface area contributed by atoms with E-state index in [1.54, 1.807) is 19.2 Å². The average molecular weight is 435 g/mol. The highest BCUT2D eigenvalue weighted by molar-refractivity contribution is 6.07. The Morgan fingerprint density at radius 3 is 1.91 bits per heavy atom. The second-order valence-corrected chi connectivity index (χ2v) is 8.20. The smallest absolute Gasteiger partial charge is 0.148 e. The first-order valence-electron chi connectivity index (χ1n) is 11.1. The Kier molecular flexibility index (Phi) is 5.57. The van der Waals surface area contributed by atoms with Crippen molar-refractivity contribution < 1.29 is 9.84 Å². The van der Waals surface area contributed by atoms with Crippen molar-refractivity contribution in [3.8, 4) is 22.6 Å². The molecule has 4 aromatic carbocycles. The van der Waals surface area contributed by atoms with Gasteiger partial charge in [-0.25, -0.2) is 0 Å². The summed E-state index contributed by atoms with van der Waals surface area (Å²) in [6.07, 6.45) is -0.114. The van der Waals surface area contributed by atoms with Gasteiger partial charge in [0.05, 0.1) is 18.9 Å². The van der Waals surface area contributed by atoms with Gasteiger partial charge in [-0.15, -0.1) is 0 Å². The molecule has 1 heterocycles. The van der Waals surface area contributed by atoms with Crippen LogP contribution < -0.4 is 9.64 Å². The van der Waals surface area contributed by atoms with Gasteiger partial charge in [-0.05, 0) is 77.7 Å². The predicted molar refractivity (Wildman–Crippen MR) is 134 cm³/mol. The number of nitrogens with zero attached hydrogens (tertiary/aromatic N) is 2. The topological polar surface area (TPSA) is 45.1 Å². The maximum atomic E-state index is 9.72. The average Bonchev–Trinajstić information content (AvgIpc) is 3.22. The van der Waals surface area contributed by atoms with E-state index in [2.05, 4.69) is 72.5 Å². The van der Waals surface area contributed by atoms with E-state index in [1.165, 1.54) is 0 Å². The van der Waals surface area contributed by atoms with Crippen LogP contribution in [-0.2, 0) is 0 Å². The minimum absolute atomic E-state index is 0.0755. The van der Waals surface area contributed by atoms with Crippen LogP contribution in [0.1, 0.15) is 24.2 Å².